The first-order valence-electron chi connectivity index (χ1n) is 10.4. The zero-order valence-corrected chi connectivity index (χ0v) is 17.3. The number of hydrogen-bond donors (Lipinski definition) is 3. The number of aliphatic carboxylic acids is 1. The monoisotopic (exact) mass is 462 g/mol. The Kier molecular flexibility index (Phi) is 5.77. The Bertz CT molecular complexity index is 1050. The van der Waals surface area contributed by atoms with E-state index in [4.69, 9.17) is 4.74 Å². The summed E-state index contributed by atoms with van der Waals surface area (Å²) >= 11 is 0. The first-order valence-corrected chi connectivity index (χ1v) is 10.4. The Morgan fingerprint density at radius 2 is 1.58 bits per heavy atom. The van der Waals surface area contributed by atoms with Gasteiger partial charge in [-0.1, -0.05) is 48.5 Å². The van der Waals surface area contributed by atoms with Gasteiger partial charge in [0.05, 0.1) is 0 Å². The van der Waals surface area contributed by atoms with Crippen LogP contribution < -0.4 is 10.6 Å². The fourth-order valence-electron chi connectivity index (χ4n) is 4.28. The Hall–Kier alpha value is -3.56. The number of amides is 2. The third kappa shape index (κ3) is 4.24. The third-order valence-corrected chi connectivity index (χ3v) is 6.17. The number of hydrogen-bond acceptors (Lipinski definition) is 4. The van der Waals surface area contributed by atoms with Gasteiger partial charge in [0.15, 0.2) is 0 Å². The van der Waals surface area contributed by atoms with Crippen molar-refractivity contribution in [3.63, 3.8) is 0 Å². The van der Waals surface area contributed by atoms with Crippen LogP contribution >= 0.6 is 0 Å². The SMILES string of the molecule is O=C(NC(C(=O)NC1(C(=O)O)CCC1)C(F)(F)F)OCC1c2ccccc2-c2ccccc21. The number of fused-ring (bicyclic) bond motifs is 3. The third-order valence-electron chi connectivity index (χ3n) is 6.17. The predicted octanol–water partition coefficient (Wildman–Crippen LogP) is 3.58. The number of carboxylic acid groups (broad SMARTS) is 1. The maximum absolute atomic E-state index is 13.5. The molecule has 1 unspecified atom stereocenters. The van der Waals surface area contributed by atoms with E-state index in [0.717, 1.165) is 22.3 Å². The molecular formula is C23H21F3N2O5. The molecule has 1 saturated carbocycles. The second-order valence-electron chi connectivity index (χ2n) is 8.17. The molecular weight excluding hydrogens is 441 g/mol. The number of halogens is 3. The predicted molar refractivity (Wildman–Crippen MR) is 110 cm³/mol. The topological polar surface area (TPSA) is 105 Å². The highest BCUT2D eigenvalue weighted by atomic mass is 19.4. The summed E-state index contributed by atoms with van der Waals surface area (Å²) < 4.78 is 45.5. The lowest BCUT2D eigenvalue weighted by atomic mass is 9.76. The molecule has 0 saturated heterocycles. The number of carbonyl (C=O) groups excluding carboxylic acids is 2. The van der Waals surface area contributed by atoms with Crippen molar-refractivity contribution in [1.82, 2.24) is 10.6 Å². The fourth-order valence-corrected chi connectivity index (χ4v) is 4.28. The van der Waals surface area contributed by atoms with Crippen LogP contribution in [0.25, 0.3) is 11.1 Å². The molecule has 174 valence electrons. The van der Waals surface area contributed by atoms with Gasteiger partial charge in [0, 0.05) is 5.92 Å². The van der Waals surface area contributed by atoms with E-state index in [0.29, 0.717) is 6.42 Å². The van der Waals surface area contributed by atoms with Crippen molar-refractivity contribution in [2.75, 3.05) is 6.61 Å². The molecule has 2 amide bonds. The Balaban J connectivity index is 1.45. The maximum atomic E-state index is 13.5. The minimum Gasteiger partial charge on any atom is -0.480 e. The molecule has 0 bridgehead atoms. The zero-order valence-electron chi connectivity index (χ0n) is 17.3. The van der Waals surface area contributed by atoms with E-state index < -0.39 is 35.7 Å². The second-order valence-corrected chi connectivity index (χ2v) is 8.17. The minimum atomic E-state index is -5.14. The molecule has 2 aliphatic carbocycles. The van der Waals surface area contributed by atoms with E-state index in [9.17, 15) is 32.7 Å². The lowest BCUT2D eigenvalue weighted by molar-refractivity contribution is -0.172. The highest BCUT2D eigenvalue weighted by molar-refractivity contribution is 5.92. The number of rotatable bonds is 6. The van der Waals surface area contributed by atoms with E-state index in [1.807, 2.05) is 53.8 Å². The number of nitrogens with one attached hydrogen (secondary N) is 2. The average molecular weight is 462 g/mol. The van der Waals surface area contributed by atoms with Gasteiger partial charge in [0.2, 0.25) is 6.04 Å². The molecule has 10 heteroatoms. The van der Waals surface area contributed by atoms with E-state index in [1.54, 1.807) is 5.32 Å². The molecule has 1 fully saturated rings. The van der Waals surface area contributed by atoms with Gasteiger partial charge >= 0.3 is 18.2 Å². The van der Waals surface area contributed by atoms with Gasteiger partial charge in [-0.3, -0.25) is 4.79 Å². The standard InChI is InChI=1S/C23H21F3N2O5/c24-23(25,26)18(19(29)28-22(20(30)31)10-5-11-22)27-21(32)33-12-17-15-8-3-1-6-13(15)14-7-2-4-9-16(14)17/h1-4,6-9,17-18H,5,10-12H2,(H,27,32)(H,28,29)(H,30,31). The van der Waals surface area contributed by atoms with Crippen LogP contribution in [0.2, 0.25) is 0 Å². The highest BCUT2D eigenvalue weighted by Gasteiger charge is 2.52. The van der Waals surface area contributed by atoms with Crippen molar-refractivity contribution < 1.29 is 37.4 Å². The van der Waals surface area contributed by atoms with Crippen molar-refractivity contribution in [3.8, 4) is 11.1 Å². The van der Waals surface area contributed by atoms with Crippen LogP contribution in [-0.2, 0) is 14.3 Å². The summed E-state index contributed by atoms with van der Waals surface area (Å²) in [5.41, 5.74) is 1.92. The molecule has 0 heterocycles. The van der Waals surface area contributed by atoms with Crippen LogP contribution in [0.1, 0.15) is 36.3 Å². The van der Waals surface area contributed by atoms with Gasteiger partial charge in [0.1, 0.15) is 12.1 Å². The number of carboxylic acids is 1. The molecule has 2 aromatic rings. The molecule has 2 aromatic carbocycles. The Morgan fingerprint density at radius 3 is 2.03 bits per heavy atom. The van der Waals surface area contributed by atoms with E-state index in [1.165, 1.54) is 0 Å². The number of alkyl halides is 3. The van der Waals surface area contributed by atoms with Crippen molar-refractivity contribution in [2.45, 2.75) is 42.9 Å². The lowest BCUT2D eigenvalue weighted by Gasteiger charge is -2.39. The average Bonchev–Trinajstić information content (AvgIpc) is 3.05. The molecule has 0 aromatic heterocycles. The molecule has 3 N–H and O–H groups in total. The largest absolute Gasteiger partial charge is 0.480 e. The fraction of sp³-hybridized carbons (Fsp3) is 0.348. The highest BCUT2D eigenvalue weighted by Crippen LogP contribution is 2.44. The summed E-state index contributed by atoms with van der Waals surface area (Å²) in [4.78, 5) is 35.9. The molecule has 33 heavy (non-hydrogen) atoms. The quantitative estimate of drug-likeness (QED) is 0.609. The second kappa shape index (κ2) is 8.42. The van der Waals surface area contributed by atoms with Crippen molar-refractivity contribution >= 4 is 18.0 Å². The Morgan fingerprint density at radius 1 is 1.03 bits per heavy atom. The molecule has 7 nitrogen and oxygen atoms in total. The van der Waals surface area contributed by atoms with Crippen LogP contribution in [0.3, 0.4) is 0 Å². The Labute approximate surface area is 186 Å². The molecule has 0 radical (unpaired) electrons. The summed E-state index contributed by atoms with van der Waals surface area (Å²) in [6.45, 7) is -0.231. The van der Waals surface area contributed by atoms with Crippen molar-refractivity contribution in [3.05, 3.63) is 59.7 Å². The van der Waals surface area contributed by atoms with Gasteiger partial charge in [-0.2, -0.15) is 13.2 Å². The summed E-state index contributed by atoms with van der Waals surface area (Å²) in [6.07, 6.45) is -6.07. The maximum Gasteiger partial charge on any atom is 0.417 e. The summed E-state index contributed by atoms with van der Waals surface area (Å²) in [5, 5.41) is 12.7. The van der Waals surface area contributed by atoms with Crippen LogP contribution in [0, 0.1) is 0 Å². The molecule has 0 spiro atoms. The van der Waals surface area contributed by atoms with Crippen LogP contribution in [-0.4, -0.2) is 47.4 Å². The zero-order chi connectivity index (χ0) is 23.8. The smallest absolute Gasteiger partial charge is 0.417 e. The number of ether oxygens (including phenoxy) is 1. The summed E-state index contributed by atoms with van der Waals surface area (Å²) in [6, 6.07) is 12.0. The first-order chi connectivity index (χ1) is 15.6. The van der Waals surface area contributed by atoms with Gasteiger partial charge in [0.25, 0.3) is 5.91 Å². The summed E-state index contributed by atoms with van der Waals surface area (Å²) in [5.74, 6) is -3.42. The van der Waals surface area contributed by atoms with E-state index in [-0.39, 0.29) is 25.4 Å². The van der Waals surface area contributed by atoms with Crippen LogP contribution in [0.15, 0.2) is 48.5 Å². The molecule has 0 aliphatic heterocycles. The molecule has 2 aliphatic rings. The van der Waals surface area contributed by atoms with Gasteiger partial charge in [-0.15, -0.1) is 0 Å². The normalized spacial score (nSPS) is 17.2. The molecule has 4 rings (SSSR count). The summed E-state index contributed by atoms with van der Waals surface area (Å²) in [7, 11) is 0. The van der Waals surface area contributed by atoms with Gasteiger partial charge in [-0.05, 0) is 41.5 Å². The molecule has 1 atom stereocenters. The van der Waals surface area contributed by atoms with Crippen LogP contribution in [0.5, 0.6) is 0 Å². The minimum absolute atomic E-state index is 0.0175. The van der Waals surface area contributed by atoms with Crippen molar-refractivity contribution in [1.29, 1.82) is 0 Å². The first kappa shape index (κ1) is 22.6. The number of carbonyl (C=O) groups is 3. The van der Waals surface area contributed by atoms with Gasteiger partial charge < -0.3 is 20.5 Å². The van der Waals surface area contributed by atoms with Crippen molar-refractivity contribution in [2.24, 2.45) is 0 Å². The van der Waals surface area contributed by atoms with Gasteiger partial charge in [-0.25, -0.2) is 9.59 Å². The number of alkyl carbamates (subject to hydrolysis) is 1. The van der Waals surface area contributed by atoms with Crippen LogP contribution in [0.4, 0.5) is 18.0 Å². The number of benzene rings is 2. The van der Waals surface area contributed by atoms with E-state index in [2.05, 4.69) is 0 Å². The van der Waals surface area contributed by atoms with E-state index >= 15 is 0 Å². The lowest BCUT2D eigenvalue weighted by Crippen LogP contribution is -2.65.